The first-order valence-corrected chi connectivity index (χ1v) is 8.95. The van der Waals surface area contributed by atoms with E-state index < -0.39 is 11.6 Å². The molecule has 2 amide bonds. The van der Waals surface area contributed by atoms with E-state index in [0.717, 1.165) is 5.56 Å². The summed E-state index contributed by atoms with van der Waals surface area (Å²) in [6.07, 6.45) is 2.13. The summed E-state index contributed by atoms with van der Waals surface area (Å²) >= 11 is 0. The smallest absolute Gasteiger partial charge is 0.317 e. The first-order chi connectivity index (χ1) is 12.5. The Bertz CT molecular complexity index is 579. The van der Waals surface area contributed by atoms with Crippen LogP contribution in [-0.2, 0) is 16.0 Å². The Hall–Kier alpha value is -2.12. The lowest BCUT2D eigenvalue weighted by molar-refractivity contribution is -0.137. The van der Waals surface area contributed by atoms with Gasteiger partial charge in [-0.25, -0.2) is 4.79 Å². The molecule has 0 saturated carbocycles. The number of rotatable bonds is 8. The molecule has 1 atom stereocenters. The van der Waals surface area contributed by atoms with E-state index in [1.165, 1.54) is 0 Å². The van der Waals surface area contributed by atoms with E-state index in [-0.39, 0.29) is 25.1 Å². The molecule has 0 aromatic heterocycles. The first-order valence-electron chi connectivity index (χ1n) is 8.95. The maximum absolute atomic E-state index is 12.6. The average Bonchev–Trinajstić information content (AvgIpc) is 2.67. The monoisotopic (exact) mass is 364 g/mol. The Labute approximate surface area is 154 Å². The zero-order chi connectivity index (χ0) is 19.0. The number of carboxylic acid groups (broad SMARTS) is 1. The van der Waals surface area contributed by atoms with Crippen molar-refractivity contribution >= 4 is 12.0 Å². The SMILES string of the molecule is COC1(CO)CCN(C(=O)NC(CCC(=O)O)Cc2ccccc2)CC1. The summed E-state index contributed by atoms with van der Waals surface area (Å²) in [5.74, 6) is -0.872. The molecular formula is C19H28N2O5. The number of hydrogen-bond acceptors (Lipinski definition) is 4. The summed E-state index contributed by atoms with van der Waals surface area (Å²) in [4.78, 5) is 25.2. The summed E-state index contributed by atoms with van der Waals surface area (Å²) in [5, 5.41) is 21.4. The lowest BCUT2D eigenvalue weighted by Gasteiger charge is -2.40. The van der Waals surface area contributed by atoms with E-state index in [0.29, 0.717) is 38.8 Å². The van der Waals surface area contributed by atoms with E-state index in [2.05, 4.69) is 5.32 Å². The normalized spacial score (nSPS) is 17.5. The molecule has 0 radical (unpaired) electrons. The largest absolute Gasteiger partial charge is 0.481 e. The number of carboxylic acids is 1. The van der Waals surface area contributed by atoms with E-state index >= 15 is 0 Å². The molecule has 144 valence electrons. The Balaban J connectivity index is 1.94. The minimum Gasteiger partial charge on any atom is -0.481 e. The molecule has 2 rings (SSSR count). The minimum absolute atomic E-state index is 0.00901. The van der Waals surface area contributed by atoms with Gasteiger partial charge in [0.1, 0.15) is 0 Å². The van der Waals surface area contributed by atoms with Crippen molar-refractivity contribution in [1.82, 2.24) is 10.2 Å². The number of nitrogens with one attached hydrogen (secondary N) is 1. The van der Waals surface area contributed by atoms with Gasteiger partial charge in [-0.15, -0.1) is 0 Å². The molecule has 1 aliphatic rings. The van der Waals surface area contributed by atoms with Gasteiger partial charge < -0.3 is 25.2 Å². The van der Waals surface area contributed by atoms with E-state index in [1.54, 1.807) is 12.0 Å². The maximum atomic E-state index is 12.6. The summed E-state index contributed by atoms with van der Waals surface area (Å²) < 4.78 is 5.41. The number of hydrogen-bond donors (Lipinski definition) is 3. The van der Waals surface area contributed by atoms with Gasteiger partial charge in [-0.3, -0.25) is 4.79 Å². The van der Waals surface area contributed by atoms with Crippen molar-refractivity contribution in [2.45, 2.75) is 43.7 Å². The van der Waals surface area contributed by atoms with Gasteiger partial charge in [0.2, 0.25) is 0 Å². The number of benzene rings is 1. The molecule has 1 saturated heterocycles. The molecule has 3 N–H and O–H groups in total. The van der Waals surface area contributed by atoms with Crippen molar-refractivity contribution in [1.29, 1.82) is 0 Å². The molecule has 1 heterocycles. The topological polar surface area (TPSA) is 99.1 Å². The van der Waals surface area contributed by atoms with Crippen molar-refractivity contribution in [2.75, 3.05) is 26.8 Å². The van der Waals surface area contributed by atoms with Gasteiger partial charge in [0.25, 0.3) is 0 Å². The second-order valence-corrected chi connectivity index (χ2v) is 6.80. The lowest BCUT2D eigenvalue weighted by atomic mass is 9.92. The third-order valence-corrected chi connectivity index (χ3v) is 5.04. The van der Waals surface area contributed by atoms with E-state index in [1.807, 2.05) is 30.3 Å². The van der Waals surface area contributed by atoms with Crippen LogP contribution in [0.3, 0.4) is 0 Å². The van der Waals surface area contributed by atoms with Crippen LogP contribution in [0.1, 0.15) is 31.2 Å². The van der Waals surface area contributed by atoms with Crippen LogP contribution in [0, 0.1) is 0 Å². The molecule has 0 spiro atoms. The number of carbonyl (C=O) groups is 2. The summed E-state index contributed by atoms with van der Waals surface area (Å²) in [6.45, 7) is 0.933. The molecule has 0 aliphatic carbocycles. The highest BCUT2D eigenvalue weighted by molar-refractivity contribution is 5.75. The highest BCUT2D eigenvalue weighted by atomic mass is 16.5. The van der Waals surface area contributed by atoms with Gasteiger partial charge in [0.15, 0.2) is 0 Å². The molecular weight excluding hydrogens is 336 g/mol. The van der Waals surface area contributed by atoms with E-state index in [9.17, 15) is 14.7 Å². The molecule has 26 heavy (non-hydrogen) atoms. The van der Waals surface area contributed by atoms with E-state index in [4.69, 9.17) is 9.84 Å². The Kier molecular flexibility index (Phi) is 7.41. The van der Waals surface area contributed by atoms with Crippen LogP contribution in [-0.4, -0.2) is 65.6 Å². The molecule has 1 aliphatic heterocycles. The number of piperidine rings is 1. The molecule has 1 aromatic rings. The number of methoxy groups -OCH3 is 1. The lowest BCUT2D eigenvalue weighted by Crippen LogP contribution is -2.53. The fourth-order valence-electron chi connectivity index (χ4n) is 3.23. The van der Waals surface area contributed by atoms with Crippen LogP contribution in [0.15, 0.2) is 30.3 Å². The van der Waals surface area contributed by atoms with Crippen molar-refractivity contribution in [3.05, 3.63) is 35.9 Å². The highest BCUT2D eigenvalue weighted by Gasteiger charge is 2.35. The number of aliphatic carboxylic acids is 1. The highest BCUT2D eigenvalue weighted by Crippen LogP contribution is 2.25. The number of amides is 2. The molecule has 0 bridgehead atoms. The molecule has 7 nitrogen and oxygen atoms in total. The Morgan fingerprint density at radius 2 is 1.92 bits per heavy atom. The number of aliphatic hydroxyl groups is 1. The zero-order valence-corrected chi connectivity index (χ0v) is 15.2. The fourth-order valence-corrected chi connectivity index (χ4v) is 3.23. The number of ether oxygens (including phenoxy) is 1. The first kappa shape index (κ1) is 20.2. The number of aliphatic hydroxyl groups excluding tert-OH is 1. The summed E-state index contributed by atoms with van der Waals surface area (Å²) in [5.41, 5.74) is 0.490. The number of urea groups is 1. The van der Waals surface area contributed by atoms with Crippen molar-refractivity contribution in [2.24, 2.45) is 0 Å². The standard InChI is InChI=1S/C19H28N2O5/c1-26-19(14-22)9-11-21(12-10-19)18(25)20-16(7-8-17(23)24)13-15-5-3-2-4-6-15/h2-6,16,22H,7-14H2,1H3,(H,20,25)(H,23,24). The zero-order valence-electron chi connectivity index (χ0n) is 15.2. The predicted molar refractivity (Wildman–Crippen MR) is 97.0 cm³/mol. The van der Waals surface area contributed by atoms with Crippen molar-refractivity contribution in [3.63, 3.8) is 0 Å². The van der Waals surface area contributed by atoms with Crippen molar-refractivity contribution < 1.29 is 24.5 Å². The van der Waals surface area contributed by atoms with Crippen LogP contribution >= 0.6 is 0 Å². The van der Waals surface area contributed by atoms with Crippen molar-refractivity contribution in [3.8, 4) is 0 Å². The minimum atomic E-state index is -0.872. The summed E-state index contributed by atoms with van der Waals surface area (Å²) in [7, 11) is 1.58. The third-order valence-electron chi connectivity index (χ3n) is 5.04. The number of likely N-dealkylation sites (tertiary alicyclic amines) is 1. The van der Waals surface area contributed by atoms with Gasteiger partial charge in [-0.05, 0) is 31.2 Å². The van der Waals surface area contributed by atoms with Gasteiger partial charge >= 0.3 is 12.0 Å². The Morgan fingerprint density at radius 3 is 2.46 bits per heavy atom. The van der Waals surface area contributed by atoms with Crippen LogP contribution in [0.25, 0.3) is 0 Å². The van der Waals surface area contributed by atoms with Gasteiger partial charge in [0, 0.05) is 32.7 Å². The molecule has 1 aromatic carbocycles. The molecule has 1 fully saturated rings. The quantitative estimate of drug-likeness (QED) is 0.651. The Morgan fingerprint density at radius 1 is 1.27 bits per heavy atom. The van der Waals surface area contributed by atoms with Crippen LogP contribution in [0.2, 0.25) is 0 Å². The summed E-state index contributed by atoms with van der Waals surface area (Å²) in [6, 6.07) is 9.27. The van der Waals surface area contributed by atoms with Gasteiger partial charge in [0.05, 0.1) is 12.2 Å². The fraction of sp³-hybridized carbons (Fsp3) is 0.579. The molecule has 1 unspecified atom stereocenters. The average molecular weight is 364 g/mol. The number of carbonyl (C=O) groups excluding carboxylic acids is 1. The third kappa shape index (κ3) is 5.71. The molecule has 7 heteroatoms. The van der Waals surface area contributed by atoms with Gasteiger partial charge in [-0.1, -0.05) is 30.3 Å². The van der Waals surface area contributed by atoms with Crippen LogP contribution in [0.4, 0.5) is 4.79 Å². The second-order valence-electron chi connectivity index (χ2n) is 6.80. The van der Waals surface area contributed by atoms with Gasteiger partial charge in [-0.2, -0.15) is 0 Å². The predicted octanol–water partition coefficient (Wildman–Crippen LogP) is 1.65. The second kappa shape index (κ2) is 9.54. The number of nitrogens with zero attached hydrogens (tertiary/aromatic N) is 1. The van der Waals surface area contributed by atoms with Crippen LogP contribution < -0.4 is 5.32 Å². The maximum Gasteiger partial charge on any atom is 0.317 e. The van der Waals surface area contributed by atoms with Crippen LogP contribution in [0.5, 0.6) is 0 Å².